The van der Waals surface area contributed by atoms with Gasteiger partial charge in [-0.1, -0.05) is 0 Å². The second kappa shape index (κ2) is 5.96. The molecular weight excluding hydrogens is 314 g/mol. The number of nitrogens with one attached hydrogen (secondary N) is 1. The van der Waals surface area contributed by atoms with Gasteiger partial charge in [0, 0.05) is 24.2 Å². The van der Waals surface area contributed by atoms with Crippen molar-refractivity contribution in [2.24, 2.45) is 0 Å². The number of hydrogen-bond acceptors (Lipinski definition) is 5. The fourth-order valence-electron chi connectivity index (χ4n) is 1.81. The van der Waals surface area contributed by atoms with Gasteiger partial charge in [-0.15, -0.1) is 11.3 Å². The summed E-state index contributed by atoms with van der Waals surface area (Å²) in [7, 11) is -3.75. The summed E-state index contributed by atoms with van der Waals surface area (Å²) in [4.78, 5) is 15.9. The number of carbonyl (C=O) groups is 1. The van der Waals surface area contributed by atoms with Crippen LogP contribution in [-0.2, 0) is 23.1 Å². The van der Waals surface area contributed by atoms with Crippen LogP contribution in [0.25, 0.3) is 0 Å². The van der Waals surface area contributed by atoms with Gasteiger partial charge in [0.25, 0.3) is 0 Å². The van der Waals surface area contributed by atoms with Gasteiger partial charge in [0.05, 0.1) is 11.2 Å². The van der Waals surface area contributed by atoms with Crippen LogP contribution in [0, 0.1) is 6.92 Å². The van der Waals surface area contributed by atoms with Crippen molar-refractivity contribution in [2.75, 3.05) is 0 Å². The van der Waals surface area contributed by atoms with E-state index in [1.807, 2.05) is 0 Å². The zero-order chi connectivity index (χ0) is 15.6. The van der Waals surface area contributed by atoms with Crippen molar-refractivity contribution >= 4 is 27.3 Å². The molecule has 2 heterocycles. The number of hydrogen-bond donors (Lipinski definition) is 2. The molecule has 0 fully saturated rings. The largest absolute Gasteiger partial charge is 0.477 e. The highest BCUT2D eigenvalue weighted by Crippen LogP contribution is 2.17. The Kier molecular flexibility index (Phi) is 4.45. The highest BCUT2D eigenvalue weighted by Gasteiger charge is 2.21. The maximum Gasteiger partial charge on any atom is 0.352 e. The molecule has 0 aliphatic rings. The van der Waals surface area contributed by atoms with Crippen LogP contribution in [0.4, 0.5) is 0 Å². The van der Waals surface area contributed by atoms with Crippen LogP contribution in [-0.4, -0.2) is 29.0 Å². The Morgan fingerprint density at radius 2 is 2.24 bits per heavy atom. The summed E-state index contributed by atoms with van der Waals surface area (Å²) in [6, 6.07) is 1.16. The number of aryl methyl sites for hydroxylation is 2. The van der Waals surface area contributed by atoms with E-state index in [-0.39, 0.29) is 17.1 Å². The molecule has 0 amide bonds. The Morgan fingerprint density at radius 3 is 2.71 bits per heavy atom. The van der Waals surface area contributed by atoms with E-state index in [1.54, 1.807) is 19.4 Å². The average Bonchev–Trinajstić information content (AvgIpc) is 3.02. The number of thiazole rings is 1. The summed E-state index contributed by atoms with van der Waals surface area (Å²) in [5, 5.41) is 9.05. The topological polar surface area (TPSA) is 101 Å². The van der Waals surface area contributed by atoms with Crippen LogP contribution in [0.1, 0.15) is 28.0 Å². The number of nitrogens with zero attached hydrogens (tertiary/aromatic N) is 2. The molecule has 2 aromatic rings. The van der Waals surface area contributed by atoms with Crippen molar-refractivity contribution in [3.8, 4) is 0 Å². The van der Waals surface area contributed by atoms with Gasteiger partial charge in [0.15, 0.2) is 0 Å². The van der Waals surface area contributed by atoms with E-state index in [0.717, 1.165) is 16.6 Å². The lowest BCUT2D eigenvalue weighted by atomic mass is 10.4. The molecule has 2 rings (SSSR count). The fraction of sp³-hybridized carbons (Fsp3) is 0.333. The fourth-order valence-corrected chi connectivity index (χ4v) is 3.65. The third-order valence-corrected chi connectivity index (χ3v) is 5.31. The van der Waals surface area contributed by atoms with E-state index < -0.39 is 16.0 Å². The Bertz CT molecular complexity index is 761. The number of rotatable bonds is 6. The van der Waals surface area contributed by atoms with Crippen molar-refractivity contribution in [1.82, 2.24) is 14.3 Å². The minimum Gasteiger partial charge on any atom is -0.477 e. The second-order valence-electron chi connectivity index (χ2n) is 4.34. The zero-order valence-corrected chi connectivity index (χ0v) is 13.2. The van der Waals surface area contributed by atoms with Gasteiger partial charge in [-0.05, 0) is 19.9 Å². The summed E-state index contributed by atoms with van der Waals surface area (Å²) >= 11 is 1.37. The molecule has 2 aromatic heterocycles. The lowest BCUT2D eigenvalue weighted by Gasteiger charge is -2.03. The predicted molar refractivity (Wildman–Crippen MR) is 77.9 cm³/mol. The van der Waals surface area contributed by atoms with E-state index in [4.69, 9.17) is 5.11 Å². The smallest absolute Gasteiger partial charge is 0.352 e. The Hall–Kier alpha value is -1.71. The zero-order valence-electron chi connectivity index (χ0n) is 11.5. The molecule has 21 heavy (non-hydrogen) atoms. The molecule has 0 saturated carbocycles. The van der Waals surface area contributed by atoms with Crippen molar-refractivity contribution < 1.29 is 18.3 Å². The molecule has 0 atom stereocenters. The number of carboxylic acids is 1. The highest BCUT2D eigenvalue weighted by molar-refractivity contribution is 7.89. The van der Waals surface area contributed by atoms with E-state index >= 15 is 0 Å². The van der Waals surface area contributed by atoms with Crippen LogP contribution in [0.5, 0.6) is 0 Å². The van der Waals surface area contributed by atoms with E-state index in [0.29, 0.717) is 6.54 Å². The summed E-state index contributed by atoms with van der Waals surface area (Å²) in [6.07, 6.45) is 1.32. The van der Waals surface area contributed by atoms with E-state index in [9.17, 15) is 13.2 Å². The first-order valence-electron chi connectivity index (χ1n) is 6.17. The van der Waals surface area contributed by atoms with E-state index in [1.165, 1.54) is 22.1 Å². The van der Waals surface area contributed by atoms with Crippen LogP contribution in [0.2, 0.25) is 0 Å². The molecule has 2 N–H and O–H groups in total. The van der Waals surface area contributed by atoms with Gasteiger partial charge < -0.3 is 9.67 Å². The van der Waals surface area contributed by atoms with Crippen LogP contribution in [0.15, 0.2) is 22.7 Å². The van der Waals surface area contributed by atoms with Crippen LogP contribution in [0.3, 0.4) is 0 Å². The van der Waals surface area contributed by atoms with Crippen molar-refractivity contribution in [3.05, 3.63) is 34.0 Å². The molecule has 0 unspecified atom stereocenters. The molecule has 7 nitrogen and oxygen atoms in total. The second-order valence-corrected chi connectivity index (χ2v) is 7.04. The van der Waals surface area contributed by atoms with E-state index in [2.05, 4.69) is 9.71 Å². The molecule has 9 heteroatoms. The minimum absolute atomic E-state index is 0.0492. The monoisotopic (exact) mass is 329 g/mol. The molecule has 0 aliphatic carbocycles. The Morgan fingerprint density at radius 1 is 1.52 bits per heavy atom. The number of aromatic nitrogens is 2. The van der Waals surface area contributed by atoms with Crippen LogP contribution >= 0.6 is 11.3 Å². The summed E-state index contributed by atoms with van der Waals surface area (Å²) in [5.41, 5.74) is 2.38. The highest BCUT2D eigenvalue weighted by atomic mass is 32.2. The standard InChI is InChI=1S/C12H15N3O4S2/c1-3-15-6-9(4-10(15)12(16)17)21(18,19)14-5-11-8(2)13-7-20-11/h4,6-7,14H,3,5H2,1-2H3,(H,16,17). The molecule has 114 valence electrons. The van der Waals surface area contributed by atoms with Gasteiger partial charge in [0.1, 0.15) is 10.6 Å². The molecule has 0 aromatic carbocycles. The predicted octanol–water partition coefficient (Wildman–Crippen LogP) is 1.45. The Labute approximate surface area is 126 Å². The van der Waals surface area contributed by atoms with Gasteiger partial charge >= 0.3 is 5.97 Å². The van der Waals surface area contributed by atoms with Crippen molar-refractivity contribution in [3.63, 3.8) is 0 Å². The molecule has 0 saturated heterocycles. The maximum atomic E-state index is 12.2. The molecule has 0 spiro atoms. The molecular formula is C12H15N3O4S2. The van der Waals surface area contributed by atoms with Gasteiger partial charge in [-0.25, -0.2) is 22.9 Å². The van der Waals surface area contributed by atoms with Crippen LogP contribution < -0.4 is 4.72 Å². The lowest BCUT2D eigenvalue weighted by Crippen LogP contribution is -2.22. The molecule has 0 aliphatic heterocycles. The first-order valence-corrected chi connectivity index (χ1v) is 8.53. The number of carboxylic acid groups (broad SMARTS) is 1. The minimum atomic E-state index is -3.75. The number of aromatic carboxylic acids is 1. The molecule has 0 bridgehead atoms. The van der Waals surface area contributed by atoms with Crippen molar-refractivity contribution in [2.45, 2.75) is 31.8 Å². The molecule has 0 radical (unpaired) electrons. The quantitative estimate of drug-likeness (QED) is 0.835. The van der Waals surface area contributed by atoms with Gasteiger partial charge in [-0.2, -0.15) is 0 Å². The first-order chi connectivity index (χ1) is 9.85. The summed E-state index contributed by atoms with van der Waals surface area (Å²) in [5.74, 6) is -1.16. The maximum absolute atomic E-state index is 12.2. The van der Waals surface area contributed by atoms with Gasteiger partial charge in [-0.3, -0.25) is 0 Å². The first kappa shape index (κ1) is 15.7. The Balaban J connectivity index is 2.23. The van der Waals surface area contributed by atoms with Crippen molar-refractivity contribution in [1.29, 1.82) is 0 Å². The lowest BCUT2D eigenvalue weighted by molar-refractivity contribution is 0.0685. The average molecular weight is 329 g/mol. The summed E-state index contributed by atoms with van der Waals surface area (Å²) in [6.45, 7) is 4.07. The SMILES string of the molecule is CCn1cc(S(=O)(=O)NCc2scnc2C)cc1C(=O)O. The normalized spacial score (nSPS) is 11.7. The third kappa shape index (κ3) is 3.31. The number of sulfonamides is 1. The third-order valence-electron chi connectivity index (χ3n) is 3.01. The summed E-state index contributed by atoms with van der Waals surface area (Å²) < 4.78 is 28.3. The van der Waals surface area contributed by atoms with Gasteiger partial charge in [0.2, 0.25) is 10.0 Å².